The van der Waals surface area contributed by atoms with Gasteiger partial charge in [0.15, 0.2) is 6.54 Å². The zero-order chi connectivity index (χ0) is 12.7. The summed E-state index contributed by atoms with van der Waals surface area (Å²) in [5.74, 6) is -0.149. The predicted octanol–water partition coefficient (Wildman–Crippen LogP) is 0.861. The van der Waals surface area contributed by atoms with Gasteiger partial charge in [-0.3, -0.25) is 4.79 Å². The van der Waals surface area contributed by atoms with Crippen LogP contribution >= 0.6 is 0 Å². The highest BCUT2D eigenvalue weighted by Crippen LogP contribution is 2.19. The van der Waals surface area contributed by atoms with Crippen LogP contribution in [0, 0.1) is 0 Å². The van der Waals surface area contributed by atoms with Gasteiger partial charge in [0.2, 0.25) is 0 Å². The number of nitrogens with one attached hydrogen (secondary N) is 1. The first kappa shape index (κ1) is 14.5. The summed E-state index contributed by atoms with van der Waals surface area (Å²) in [4.78, 5) is 11.2. The summed E-state index contributed by atoms with van der Waals surface area (Å²) >= 11 is 0. The molecular formula is C13H28N3O+. The van der Waals surface area contributed by atoms with Crippen molar-refractivity contribution in [2.24, 2.45) is 5.73 Å². The summed E-state index contributed by atoms with van der Waals surface area (Å²) in [7, 11) is 0. The molecule has 1 fully saturated rings. The lowest BCUT2D eigenvalue weighted by Crippen LogP contribution is -2.56. The third kappa shape index (κ3) is 5.50. The van der Waals surface area contributed by atoms with Gasteiger partial charge in [-0.15, -0.1) is 0 Å². The van der Waals surface area contributed by atoms with Crippen molar-refractivity contribution < 1.29 is 9.28 Å². The molecule has 4 nitrogen and oxygen atoms in total. The average Bonchev–Trinajstić information content (AvgIpc) is 2.24. The Balaban J connectivity index is 2.37. The molecule has 100 valence electrons. The number of quaternary nitrogens is 1. The predicted molar refractivity (Wildman–Crippen MR) is 70.5 cm³/mol. The van der Waals surface area contributed by atoms with Gasteiger partial charge in [0.05, 0.1) is 19.6 Å². The van der Waals surface area contributed by atoms with Crippen LogP contribution in [0.5, 0.6) is 0 Å². The van der Waals surface area contributed by atoms with E-state index in [2.05, 4.69) is 19.2 Å². The number of nitrogens with zero attached hydrogens (tertiary/aromatic N) is 1. The normalized spacial score (nSPS) is 19.5. The van der Waals surface area contributed by atoms with Gasteiger partial charge >= 0.3 is 0 Å². The molecule has 0 spiro atoms. The van der Waals surface area contributed by atoms with E-state index in [0.29, 0.717) is 12.6 Å². The number of hydrogen-bond acceptors (Lipinski definition) is 2. The van der Waals surface area contributed by atoms with Gasteiger partial charge in [0.1, 0.15) is 0 Å². The van der Waals surface area contributed by atoms with E-state index in [1.165, 1.54) is 19.3 Å². The molecular weight excluding hydrogens is 214 g/mol. The molecule has 0 aromatic heterocycles. The summed E-state index contributed by atoms with van der Waals surface area (Å²) in [6, 6.07) is 0.543. The first-order valence-electron chi connectivity index (χ1n) is 6.91. The fraction of sp³-hybridized carbons (Fsp3) is 0.923. The Kier molecular flexibility index (Phi) is 5.92. The molecule has 1 amide bonds. The quantitative estimate of drug-likeness (QED) is 0.514. The van der Waals surface area contributed by atoms with E-state index in [4.69, 9.17) is 5.73 Å². The second-order valence-electron chi connectivity index (χ2n) is 5.66. The summed E-state index contributed by atoms with van der Waals surface area (Å²) in [5.41, 5.74) is 5.39. The molecule has 0 aliphatic carbocycles. The Bertz CT molecular complexity index is 235. The SMILES string of the molecule is CC(C)NCCC[N+]1(CC(N)=O)CCCCC1. The highest BCUT2D eigenvalue weighted by Gasteiger charge is 2.30. The number of carbonyl (C=O) groups excluding carboxylic acids is 1. The molecule has 0 unspecified atom stereocenters. The minimum Gasteiger partial charge on any atom is -0.365 e. The second-order valence-corrected chi connectivity index (χ2v) is 5.66. The lowest BCUT2D eigenvalue weighted by molar-refractivity contribution is -0.925. The topological polar surface area (TPSA) is 55.1 Å². The van der Waals surface area contributed by atoms with Crippen molar-refractivity contribution in [2.75, 3.05) is 32.7 Å². The van der Waals surface area contributed by atoms with Gasteiger partial charge in [-0.25, -0.2) is 0 Å². The van der Waals surface area contributed by atoms with Crippen molar-refractivity contribution >= 4 is 5.91 Å². The van der Waals surface area contributed by atoms with Crippen LogP contribution in [-0.2, 0) is 4.79 Å². The van der Waals surface area contributed by atoms with Gasteiger partial charge in [0.25, 0.3) is 5.91 Å². The summed E-state index contributed by atoms with van der Waals surface area (Å²) in [5, 5.41) is 3.43. The highest BCUT2D eigenvalue weighted by atomic mass is 16.1. The number of hydrogen-bond donors (Lipinski definition) is 2. The molecule has 4 heteroatoms. The minimum atomic E-state index is -0.149. The summed E-state index contributed by atoms with van der Waals surface area (Å²) in [6.07, 6.45) is 4.92. The van der Waals surface area contributed by atoms with Crippen LogP contribution in [0.4, 0.5) is 0 Å². The maximum absolute atomic E-state index is 11.2. The maximum atomic E-state index is 11.2. The van der Waals surface area contributed by atoms with Gasteiger partial charge in [-0.05, 0) is 19.3 Å². The van der Waals surface area contributed by atoms with Crippen LogP contribution in [0.25, 0.3) is 0 Å². The molecule has 0 aromatic carbocycles. The Morgan fingerprint density at radius 3 is 2.47 bits per heavy atom. The first-order chi connectivity index (χ1) is 8.04. The summed E-state index contributed by atoms with van der Waals surface area (Å²) in [6.45, 7) is 9.24. The van der Waals surface area contributed by atoms with Crippen LogP contribution in [0.1, 0.15) is 39.5 Å². The van der Waals surface area contributed by atoms with Crippen molar-refractivity contribution in [1.82, 2.24) is 5.32 Å². The number of piperidine rings is 1. The summed E-state index contributed by atoms with van der Waals surface area (Å²) < 4.78 is 0.926. The van der Waals surface area contributed by atoms with E-state index in [-0.39, 0.29) is 5.91 Å². The second kappa shape index (κ2) is 6.97. The lowest BCUT2D eigenvalue weighted by Gasteiger charge is -2.40. The van der Waals surface area contributed by atoms with Gasteiger partial charge in [-0.2, -0.15) is 0 Å². The molecule has 3 N–H and O–H groups in total. The molecule has 1 aliphatic heterocycles. The standard InChI is InChI=1S/C13H27N3O/c1-12(2)15-7-6-10-16(11-13(14)17)8-4-3-5-9-16/h12,15H,3-11H2,1-2H3,(H-,14,17)/p+1. The van der Waals surface area contributed by atoms with E-state index in [1.54, 1.807) is 0 Å². The van der Waals surface area contributed by atoms with Crippen molar-refractivity contribution in [3.8, 4) is 0 Å². The molecule has 0 saturated carbocycles. The Morgan fingerprint density at radius 2 is 1.94 bits per heavy atom. The van der Waals surface area contributed by atoms with Crippen molar-refractivity contribution in [3.05, 3.63) is 0 Å². The molecule has 0 atom stereocenters. The highest BCUT2D eigenvalue weighted by molar-refractivity contribution is 5.74. The van der Waals surface area contributed by atoms with Crippen LogP contribution in [0.15, 0.2) is 0 Å². The molecule has 0 bridgehead atoms. The largest absolute Gasteiger partial charge is 0.365 e. The molecule has 1 aliphatic rings. The smallest absolute Gasteiger partial charge is 0.272 e. The molecule has 1 heterocycles. The van der Waals surface area contributed by atoms with Crippen LogP contribution in [-0.4, -0.2) is 49.2 Å². The van der Waals surface area contributed by atoms with E-state index in [0.717, 1.165) is 37.1 Å². The molecule has 1 rings (SSSR count). The van der Waals surface area contributed by atoms with E-state index < -0.39 is 0 Å². The zero-order valence-corrected chi connectivity index (χ0v) is 11.4. The lowest BCUT2D eigenvalue weighted by atomic mass is 10.1. The molecule has 17 heavy (non-hydrogen) atoms. The average molecular weight is 242 g/mol. The Morgan fingerprint density at radius 1 is 1.29 bits per heavy atom. The van der Waals surface area contributed by atoms with Crippen LogP contribution in [0.3, 0.4) is 0 Å². The molecule has 0 radical (unpaired) electrons. The number of rotatable bonds is 7. The van der Waals surface area contributed by atoms with Crippen molar-refractivity contribution in [3.63, 3.8) is 0 Å². The van der Waals surface area contributed by atoms with Gasteiger partial charge in [-0.1, -0.05) is 13.8 Å². The third-order valence-corrected chi connectivity index (χ3v) is 3.62. The van der Waals surface area contributed by atoms with Gasteiger partial charge in [0, 0.05) is 19.0 Å². The minimum absolute atomic E-state index is 0.149. The number of likely N-dealkylation sites (tertiary alicyclic amines) is 1. The molecule has 0 aromatic rings. The fourth-order valence-corrected chi connectivity index (χ4v) is 2.78. The Labute approximate surface area is 105 Å². The number of carbonyl (C=O) groups is 1. The molecule has 1 saturated heterocycles. The van der Waals surface area contributed by atoms with Crippen LogP contribution < -0.4 is 11.1 Å². The van der Waals surface area contributed by atoms with Crippen molar-refractivity contribution in [1.29, 1.82) is 0 Å². The fourth-order valence-electron chi connectivity index (χ4n) is 2.78. The van der Waals surface area contributed by atoms with E-state index in [1.807, 2.05) is 0 Å². The number of primary amides is 1. The maximum Gasteiger partial charge on any atom is 0.272 e. The van der Waals surface area contributed by atoms with Crippen LogP contribution in [0.2, 0.25) is 0 Å². The van der Waals surface area contributed by atoms with E-state index >= 15 is 0 Å². The zero-order valence-electron chi connectivity index (χ0n) is 11.4. The monoisotopic (exact) mass is 242 g/mol. The number of nitrogens with two attached hydrogens (primary N) is 1. The van der Waals surface area contributed by atoms with E-state index in [9.17, 15) is 4.79 Å². The van der Waals surface area contributed by atoms with Crippen molar-refractivity contribution in [2.45, 2.75) is 45.6 Å². The first-order valence-corrected chi connectivity index (χ1v) is 6.91. The third-order valence-electron chi connectivity index (χ3n) is 3.62. The number of amides is 1. The Hall–Kier alpha value is -0.610. The van der Waals surface area contributed by atoms with Gasteiger partial charge < -0.3 is 15.5 Å².